The summed E-state index contributed by atoms with van der Waals surface area (Å²) < 4.78 is 19.3. The van der Waals surface area contributed by atoms with Crippen LogP contribution in [0.5, 0.6) is 5.75 Å². The molecule has 0 radical (unpaired) electrons. The standard InChI is InChI=1S/C19H20Cl2FN3O2/c1-11-14(7-8-23-19(11)26)25-15-6-5-12(20)9-16(15)24-10-27-17-4-2-3-13(21)18(17)22/h2-6,9,11,14,24-25H,7-8,10H2,1H3,(H,23,26)/t11-,14-/m0/s1. The minimum absolute atomic E-state index is 0.00201. The van der Waals surface area contributed by atoms with Crippen molar-refractivity contribution < 1.29 is 13.9 Å². The highest BCUT2D eigenvalue weighted by Gasteiger charge is 2.28. The molecule has 1 saturated heterocycles. The van der Waals surface area contributed by atoms with Crippen LogP contribution in [0.4, 0.5) is 15.8 Å². The molecular weight excluding hydrogens is 392 g/mol. The number of piperidine rings is 1. The monoisotopic (exact) mass is 411 g/mol. The summed E-state index contributed by atoms with van der Waals surface area (Å²) >= 11 is 11.9. The molecule has 27 heavy (non-hydrogen) atoms. The van der Waals surface area contributed by atoms with Gasteiger partial charge in [-0.3, -0.25) is 4.79 Å². The van der Waals surface area contributed by atoms with E-state index in [1.807, 2.05) is 13.0 Å². The van der Waals surface area contributed by atoms with Gasteiger partial charge in [-0.2, -0.15) is 0 Å². The molecule has 144 valence electrons. The van der Waals surface area contributed by atoms with E-state index >= 15 is 0 Å². The van der Waals surface area contributed by atoms with E-state index in [1.165, 1.54) is 12.1 Å². The Labute approximate surface area is 167 Å². The van der Waals surface area contributed by atoms with Gasteiger partial charge in [0.05, 0.1) is 22.3 Å². The molecule has 1 aliphatic heterocycles. The number of anilines is 2. The number of amides is 1. The average molecular weight is 412 g/mol. The third-order valence-corrected chi connectivity index (χ3v) is 5.03. The summed E-state index contributed by atoms with van der Waals surface area (Å²) in [5.74, 6) is -0.669. The van der Waals surface area contributed by atoms with E-state index in [-0.39, 0.29) is 35.4 Å². The van der Waals surface area contributed by atoms with Gasteiger partial charge in [-0.05, 0) is 36.8 Å². The normalized spacial score (nSPS) is 19.3. The molecule has 8 heteroatoms. The largest absolute Gasteiger partial charge is 0.470 e. The highest BCUT2D eigenvalue weighted by Crippen LogP contribution is 2.29. The third kappa shape index (κ3) is 4.76. The van der Waals surface area contributed by atoms with Crippen molar-refractivity contribution in [1.82, 2.24) is 5.32 Å². The summed E-state index contributed by atoms with van der Waals surface area (Å²) in [6.07, 6.45) is 0.819. The van der Waals surface area contributed by atoms with Gasteiger partial charge in [-0.1, -0.05) is 36.2 Å². The zero-order valence-electron chi connectivity index (χ0n) is 14.7. The third-order valence-electron chi connectivity index (χ3n) is 4.50. The number of rotatable bonds is 6. The van der Waals surface area contributed by atoms with E-state index in [0.29, 0.717) is 17.3 Å². The zero-order chi connectivity index (χ0) is 19.4. The number of benzene rings is 2. The summed E-state index contributed by atoms with van der Waals surface area (Å²) in [6, 6.07) is 9.92. The first-order chi connectivity index (χ1) is 13.0. The highest BCUT2D eigenvalue weighted by molar-refractivity contribution is 6.31. The number of hydrogen-bond acceptors (Lipinski definition) is 4. The van der Waals surface area contributed by atoms with Crippen molar-refractivity contribution in [2.45, 2.75) is 19.4 Å². The molecule has 2 aromatic rings. The van der Waals surface area contributed by atoms with Gasteiger partial charge in [-0.15, -0.1) is 0 Å². The summed E-state index contributed by atoms with van der Waals surface area (Å²) in [4.78, 5) is 11.9. The van der Waals surface area contributed by atoms with E-state index in [2.05, 4.69) is 16.0 Å². The van der Waals surface area contributed by atoms with Crippen LogP contribution < -0.4 is 20.7 Å². The minimum Gasteiger partial charge on any atom is -0.470 e. The molecule has 2 aromatic carbocycles. The van der Waals surface area contributed by atoms with Crippen LogP contribution in [0.15, 0.2) is 36.4 Å². The fourth-order valence-corrected chi connectivity index (χ4v) is 3.26. The lowest BCUT2D eigenvalue weighted by molar-refractivity contribution is -0.126. The molecule has 0 aromatic heterocycles. The summed E-state index contributed by atoms with van der Waals surface area (Å²) in [7, 11) is 0. The first kappa shape index (κ1) is 19.6. The Hall–Kier alpha value is -2.18. The minimum atomic E-state index is -0.604. The Morgan fingerprint density at radius 2 is 2.07 bits per heavy atom. The quantitative estimate of drug-likeness (QED) is 0.611. The van der Waals surface area contributed by atoms with Gasteiger partial charge in [0.15, 0.2) is 18.3 Å². The van der Waals surface area contributed by atoms with Gasteiger partial charge in [0, 0.05) is 17.6 Å². The molecular formula is C19H20Cl2FN3O2. The van der Waals surface area contributed by atoms with Gasteiger partial charge in [0.2, 0.25) is 5.91 Å². The Morgan fingerprint density at radius 3 is 2.89 bits per heavy atom. The van der Waals surface area contributed by atoms with Gasteiger partial charge in [-0.25, -0.2) is 4.39 Å². The summed E-state index contributed by atoms with van der Waals surface area (Å²) in [6.45, 7) is 2.54. The number of halogens is 3. The predicted molar refractivity (Wildman–Crippen MR) is 106 cm³/mol. The first-order valence-electron chi connectivity index (χ1n) is 8.60. The number of nitrogens with one attached hydrogen (secondary N) is 3. The average Bonchev–Trinajstić information content (AvgIpc) is 2.64. The molecule has 1 fully saturated rings. The van der Waals surface area contributed by atoms with Crippen LogP contribution in [0.25, 0.3) is 0 Å². The fourth-order valence-electron chi connectivity index (χ4n) is 2.92. The second-order valence-corrected chi connectivity index (χ2v) is 7.17. The second kappa shape index (κ2) is 8.67. The molecule has 0 bridgehead atoms. The lowest BCUT2D eigenvalue weighted by Crippen LogP contribution is -2.46. The molecule has 0 aliphatic carbocycles. The zero-order valence-corrected chi connectivity index (χ0v) is 16.2. The van der Waals surface area contributed by atoms with Gasteiger partial charge in [0.25, 0.3) is 0 Å². The molecule has 0 spiro atoms. The maximum Gasteiger partial charge on any atom is 0.224 e. The van der Waals surface area contributed by atoms with Gasteiger partial charge >= 0.3 is 0 Å². The lowest BCUT2D eigenvalue weighted by Gasteiger charge is -2.30. The highest BCUT2D eigenvalue weighted by atomic mass is 35.5. The van der Waals surface area contributed by atoms with Crippen LogP contribution in [-0.4, -0.2) is 25.2 Å². The van der Waals surface area contributed by atoms with E-state index in [1.54, 1.807) is 18.2 Å². The predicted octanol–water partition coefficient (Wildman–Crippen LogP) is 4.52. The Morgan fingerprint density at radius 1 is 1.26 bits per heavy atom. The van der Waals surface area contributed by atoms with Crippen LogP contribution >= 0.6 is 23.2 Å². The lowest BCUT2D eigenvalue weighted by atomic mass is 9.94. The topological polar surface area (TPSA) is 62.4 Å². The summed E-state index contributed by atoms with van der Waals surface area (Å²) in [5, 5.41) is 9.88. The molecule has 1 amide bonds. The molecule has 0 unspecified atom stereocenters. The van der Waals surface area contributed by atoms with Crippen LogP contribution in [0.1, 0.15) is 13.3 Å². The van der Waals surface area contributed by atoms with Gasteiger partial charge < -0.3 is 20.7 Å². The Kier molecular flexibility index (Phi) is 6.29. The van der Waals surface area contributed by atoms with Crippen molar-refractivity contribution >= 4 is 40.5 Å². The maximum absolute atomic E-state index is 13.9. The van der Waals surface area contributed by atoms with Crippen LogP contribution in [0, 0.1) is 11.7 Å². The molecule has 1 heterocycles. The van der Waals surface area contributed by atoms with Crippen molar-refractivity contribution in [2.75, 3.05) is 23.9 Å². The van der Waals surface area contributed by atoms with Crippen LogP contribution in [0.3, 0.4) is 0 Å². The van der Waals surface area contributed by atoms with Gasteiger partial charge in [0.1, 0.15) is 0 Å². The van der Waals surface area contributed by atoms with Crippen molar-refractivity contribution in [3.63, 3.8) is 0 Å². The number of carbonyl (C=O) groups is 1. The Bertz CT molecular complexity index is 835. The maximum atomic E-state index is 13.9. The molecule has 3 rings (SSSR count). The first-order valence-corrected chi connectivity index (χ1v) is 9.36. The molecule has 3 N–H and O–H groups in total. The molecule has 0 saturated carbocycles. The van der Waals surface area contributed by atoms with Crippen molar-refractivity contribution in [2.24, 2.45) is 5.92 Å². The van der Waals surface area contributed by atoms with Crippen LogP contribution in [-0.2, 0) is 4.79 Å². The van der Waals surface area contributed by atoms with E-state index < -0.39 is 5.82 Å². The number of ether oxygens (including phenoxy) is 1. The van der Waals surface area contributed by atoms with E-state index in [4.69, 9.17) is 27.9 Å². The fraction of sp³-hybridized carbons (Fsp3) is 0.316. The molecule has 1 aliphatic rings. The molecule has 2 atom stereocenters. The Balaban J connectivity index is 1.68. The van der Waals surface area contributed by atoms with Crippen LogP contribution in [0.2, 0.25) is 10.0 Å². The SMILES string of the molecule is C[C@@H]1C(=O)NCC[C@@H]1Nc1ccc(Cl)cc1NCOc1cccc(Cl)c1F. The number of hydrogen-bond donors (Lipinski definition) is 3. The second-order valence-electron chi connectivity index (χ2n) is 6.33. The van der Waals surface area contributed by atoms with E-state index in [9.17, 15) is 9.18 Å². The van der Waals surface area contributed by atoms with Crippen molar-refractivity contribution in [3.8, 4) is 5.75 Å². The molecule has 5 nitrogen and oxygen atoms in total. The van der Waals surface area contributed by atoms with Crippen molar-refractivity contribution in [1.29, 1.82) is 0 Å². The smallest absolute Gasteiger partial charge is 0.224 e. The van der Waals surface area contributed by atoms with E-state index in [0.717, 1.165) is 12.1 Å². The number of carbonyl (C=O) groups excluding carboxylic acids is 1. The van der Waals surface area contributed by atoms with Crippen molar-refractivity contribution in [3.05, 3.63) is 52.3 Å². The summed E-state index contributed by atoms with van der Waals surface area (Å²) in [5.41, 5.74) is 1.49.